The average Bonchev–Trinajstić information content (AvgIpc) is 3.06. The first-order valence-corrected chi connectivity index (χ1v) is 7.23. The van der Waals surface area contributed by atoms with E-state index in [4.69, 9.17) is 11.6 Å². The van der Waals surface area contributed by atoms with Crippen LogP contribution in [-0.4, -0.2) is 22.0 Å². The minimum absolute atomic E-state index is 0.0168. The second-order valence-corrected chi connectivity index (χ2v) is 5.96. The van der Waals surface area contributed by atoms with Gasteiger partial charge < -0.3 is 10.4 Å². The Morgan fingerprint density at radius 1 is 1.29 bits per heavy atom. The molecule has 1 amide bonds. The topological polar surface area (TPSA) is 79.3 Å². The molecule has 2 bridgehead atoms. The number of carboxylic acids is 1. The van der Waals surface area contributed by atoms with E-state index >= 15 is 0 Å². The summed E-state index contributed by atoms with van der Waals surface area (Å²) in [5.74, 6) is -2.18. The molecule has 0 aromatic carbocycles. The van der Waals surface area contributed by atoms with Crippen molar-refractivity contribution in [1.82, 2.24) is 10.3 Å². The van der Waals surface area contributed by atoms with E-state index < -0.39 is 17.8 Å². The van der Waals surface area contributed by atoms with Crippen LogP contribution in [0, 0.1) is 23.7 Å². The molecule has 110 valence electrons. The molecule has 4 atom stereocenters. The van der Waals surface area contributed by atoms with Crippen LogP contribution in [0.1, 0.15) is 12.1 Å². The number of carboxylic acid groups (broad SMARTS) is 1. The van der Waals surface area contributed by atoms with Gasteiger partial charge in [0, 0.05) is 6.20 Å². The lowest BCUT2D eigenvalue weighted by molar-refractivity contribution is -0.147. The minimum atomic E-state index is -0.892. The molecule has 1 aromatic rings. The van der Waals surface area contributed by atoms with Crippen LogP contribution in [-0.2, 0) is 16.1 Å². The van der Waals surface area contributed by atoms with Gasteiger partial charge in [-0.25, -0.2) is 0 Å². The smallest absolute Gasteiger partial charge is 0.307 e. The normalized spacial score (nSPS) is 29.6. The quantitative estimate of drug-likeness (QED) is 0.832. The molecule has 0 saturated heterocycles. The van der Waals surface area contributed by atoms with Gasteiger partial charge in [-0.3, -0.25) is 14.6 Å². The number of carbonyl (C=O) groups excluding carboxylic acids is 1. The zero-order valence-electron chi connectivity index (χ0n) is 11.2. The van der Waals surface area contributed by atoms with E-state index in [1.54, 1.807) is 12.1 Å². The maximum Gasteiger partial charge on any atom is 0.307 e. The Labute approximate surface area is 127 Å². The number of allylic oxidation sites excluding steroid dienone is 2. The Morgan fingerprint density at radius 2 is 2.00 bits per heavy atom. The predicted molar refractivity (Wildman–Crippen MR) is 76.4 cm³/mol. The van der Waals surface area contributed by atoms with Crippen molar-refractivity contribution in [3.63, 3.8) is 0 Å². The fourth-order valence-electron chi connectivity index (χ4n) is 3.32. The van der Waals surface area contributed by atoms with Gasteiger partial charge in [-0.1, -0.05) is 23.8 Å². The number of carbonyl (C=O) groups is 2. The summed E-state index contributed by atoms with van der Waals surface area (Å²) in [7, 11) is 0. The van der Waals surface area contributed by atoms with Crippen LogP contribution in [0.2, 0.25) is 5.02 Å². The van der Waals surface area contributed by atoms with Gasteiger partial charge in [-0.15, -0.1) is 0 Å². The largest absolute Gasteiger partial charge is 0.481 e. The number of nitrogens with one attached hydrogen (secondary N) is 1. The minimum Gasteiger partial charge on any atom is -0.481 e. The third-order valence-corrected chi connectivity index (χ3v) is 4.50. The van der Waals surface area contributed by atoms with E-state index in [0.29, 0.717) is 10.7 Å². The van der Waals surface area contributed by atoms with Crippen molar-refractivity contribution in [2.24, 2.45) is 23.7 Å². The number of amides is 1. The highest BCUT2D eigenvalue weighted by molar-refractivity contribution is 6.30. The lowest BCUT2D eigenvalue weighted by Crippen LogP contribution is -2.40. The van der Waals surface area contributed by atoms with Crippen molar-refractivity contribution in [3.8, 4) is 0 Å². The van der Waals surface area contributed by atoms with Crippen molar-refractivity contribution in [1.29, 1.82) is 0 Å². The SMILES string of the molecule is O=C(O)C1C2C=CC(C2)C1C(=O)NCc1ccc(Cl)cn1. The molecule has 6 heteroatoms. The second kappa shape index (κ2) is 5.48. The van der Waals surface area contributed by atoms with E-state index in [1.165, 1.54) is 6.20 Å². The summed E-state index contributed by atoms with van der Waals surface area (Å²) in [5.41, 5.74) is 0.693. The fourth-order valence-corrected chi connectivity index (χ4v) is 3.43. The van der Waals surface area contributed by atoms with Crippen molar-refractivity contribution in [2.75, 3.05) is 0 Å². The zero-order chi connectivity index (χ0) is 15.0. The highest BCUT2D eigenvalue weighted by Gasteiger charge is 2.51. The van der Waals surface area contributed by atoms with Gasteiger partial charge in [0.1, 0.15) is 0 Å². The number of aromatic nitrogens is 1. The summed E-state index contributed by atoms with van der Waals surface area (Å²) in [4.78, 5) is 27.8. The molecule has 0 radical (unpaired) electrons. The lowest BCUT2D eigenvalue weighted by atomic mass is 9.82. The molecule has 3 rings (SSSR count). The van der Waals surface area contributed by atoms with E-state index in [-0.39, 0.29) is 24.3 Å². The predicted octanol–water partition coefficient (Wildman–Crippen LogP) is 1.87. The first-order valence-electron chi connectivity index (χ1n) is 6.85. The molecule has 2 aliphatic carbocycles. The summed E-state index contributed by atoms with van der Waals surface area (Å²) < 4.78 is 0. The molecule has 2 N–H and O–H groups in total. The average molecular weight is 307 g/mol. The van der Waals surface area contributed by atoms with Gasteiger partial charge in [0.05, 0.1) is 29.1 Å². The maximum atomic E-state index is 12.3. The third kappa shape index (κ3) is 2.65. The van der Waals surface area contributed by atoms with Crippen molar-refractivity contribution < 1.29 is 14.7 Å². The van der Waals surface area contributed by atoms with E-state index in [0.717, 1.165) is 6.42 Å². The van der Waals surface area contributed by atoms with E-state index in [9.17, 15) is 14.7 Å². The number of rotatable bonds is 4. The van der Waals surface area contributed by atoms with Crippen LogP contribution in [0.3, 0.4) is 0 Å². The Balaban J connectivity index is 1.66. The van der Waals surface area contributed by atoms with Gasteiger partial charge in [-0.05, 0) is 30.4 Å². The number of hydrogen-bond donors (Lipinski definition) is 2. The summed E-state index contributed by atoms with van der Waals surface area (Å²) in [6.07, 6.45) is 6.17. The number of halogens is 1. The Bertz CT molecular complexity index is 599. The van der Waals surface area contributed by atoms with E-state index in [2.05, 4.69) is 10.3 Å². The van der Waals surface area contributed by atoms with Crippen LogP contribution in [0.25, 0.3) is 0 Å². The third-order valence-electron chi connectivity index (χ3n) is 4.28. The molecule has 1 fully saturated rings. The molecule has 5 nitrogen and oxygen atoms in total. The van der Waals surface area contributed by atoms with Crippen LogP contribution in [0.5, 0.6) is 0 Å². The maximum absolute atomic E-state index is 12.3. The number of nitrogens with zero attached hydrogens (tertiary/aromatic N) is 1. The van der Waals surface area contributed by atoms with Gasteiger partial charge >= 0.3 is 5.97 Å². The Morgan fingerprint density at radius 3 is 2.62 bits per heavy atom. The summed E-state index contributed by atoms with van der Waals surface area (Å²) >= 11 is 5.75. The number of aliphatic carboxylic acids is 1. The standard InChI is InChI=1S/C15H15ClN2O3/c16-10-3-4-11(17-6-10)7-18-14(19)12-8-1-2-9(5-8)13(12)15(20)21/h1-4,6,8-9,12-13H,5,7H2,(H,18,19)(H,20,21). The number of hydrogen-bond acceptors (Lipinski definition) is 3. The van der Waals surface area contributed by atoms with Crippen molar-refractivity contribution in [3.05, 3.63) is 41.2 Å². The van der Waals surface area contributed by atoms with Gasteiger partial charge in [-0.2, -0.15) is 0 Å². The Hall–Kier alpha value is -1.88. The van der Waals surface area contributed by atoms with Crippen molar-refractivity contribution in [2.45, 2.75) is 13.0 Å². The molecule has 1 aromatic heterocycles. The molecular formula is C15H15ClN2O3. The van der Waals surface area contributed by atoms with Crippen LogP contribution in [0.4, 0.5) is 0 Å². The summed E-state index contributed by atoms with van der Waals surface area (Å²) in [5, 5.41) is 12.7. The molecule has 0 aliphatic heterocycles. The van der Waals surface area contributed by atoms with Crippen LogP contribution < -0.4 is 5.32 Å². The first-order chi connectivity index (χ1) is 10.1. The summed E-state index contributed by atoms with van der Waals surface area (Å²) in [6, 6.07) is 3.44. The zero-order valence-corrected chi connectivity index (χ0v) is 12.0. The fraction of sp³-hybridized carbons (Fsp3) is 0.400. The number of fused-ring (bicyclic) bond motifs is 2. The second-order valence-electron chi connectivity index (χ2n) is 5.52. The molecule has 4 unspecified atom stereocenters. The number of pyridine rings is 1. The molecule has 1 heterocycles. The van der Waals surface area contributed by atoms with E-state index in [1.807, 2.05) is 12.2 Å². The molecule has 2 aliphatic rings. The lowest BCUT2D eigenvalue weighted by Gasteiger charge is -2.23. The summed E-state index contributed by atoms with van der Waals surface area (Å²) in [6.45, 7) is 0.278. The van der Waals surface area contributed by atoms with Crippen molar-refractivity contribution >= 4 is 23.5 Å². The molecule has 21 heavy (non-hydrogen) atoms. The highest BCUT2D eigenvalue weighted by Crippen LogP contribution is 2.48. The van der Waals surface area contributed by atoms with Gasteiger partial charge in [0.25, 0.3) is 0 Å². The first kappa shape index (κ1) is 14.1. The van der Waals surface area contributed by atoms with Gasteiger partial charge in [0.2, 0.25) is 5.91 Å². The van der Waals surface area contributed by atoms with Gasteiger partial charge in [0.15, 0.2) is 0 Å². The highest BCUT2D eigenvalue weighted by atomic mass is 35.5. The van der Waals surface area contributed by atoms with Crippen LogP contribution in [0.15, 0.2) is 30.5 Å². The monoisotopic (exact) mass is 306 g/mol. The molecule has 0 spiro atoms. The Kier molecular flexibility index (Phi) is 3.68. The molecule has 1 saturated carbocycles. The van der Waals surface area contributed by atoms with Crippen LogP contribution >= 0.6 is 11.6 Å². The molecular weight excluding hydrogens is 292 g/mol.